The van der Waals surface area contributed by atoms with Crippen molar-refractivity contribution in [3.63, 3.8) is 0 Å². The van der Waals surface area contributed by atoms with Crippen LogP contribution in [-0.2, 0) is 0 Å². The highest BCUT2D eigenvalue weighted by Crippen LogP contribution is 1.88. The molecule has 0 aromatic rings. The van der Waals surface area contributed by atoms with Gasteiger partial charge < -0.3 is 0 Å². The smallest absolute Gasteiger partial charge is 0.00442 e. The lowest BCUT2D eigenvalue weighted by Crippen LogP contribution is -1.70. The Balaban J connectivity index is 2.19. The fraction of sp³-hybridized carbons (Fsp3) is 1.00. The van der Waals surface area contributed by atoms with Crippen LogP contribution in [0.5, 0.6) is 0 Å². The molecule has 0 unspecified atom stereocenters. The van der Waals surface area contributed by atoms with Gasteiger partial charge in [-0.15, -0.1) is 0 Å². The molecule has 0 fully saturated rings. The minimum Gasteiger partial charge on any atom is -0.0941 e. The number of rotatable bonds is 2. The zero-order valence-corrected chi connectivity index (χ0v) is 5.88. The molecule has 0 spiro atoms. The Kier molecular flexibility index (Phi) is 6.18. The van der Waals surface area contributed by atoms with Gasteiger partial charge in [-0.1, -0.05) is 35.2 Å². The average molecular weight is 201 g/mol. The van der Waals surface area contributed by atoms with Crippen molar-refractivity contribution in [1.82, 2.24) is 0 Å². The summed E-state index contributed by atoms with van der Waals surface area (Å²) in [6.07, 6.45) is 1.19. The minimum absolute atomic E-state index is 0.920. The van der Waals surface area contributed by atoms with E-state index in [1.165, 1.54) is 10.8 Å². The third-order valence-electron chi connectivity index (χ3n) is 0.278. The van der Waals surface area contributed by atoms with Gasteiger partial charge in [0.25, 0.3) is 0 Å². The van der Waals surface area contributed by atoms with E-state index in [4.69, 9.17) is 0 Å². The fourth-order valence-corrected chi connectivity index (χ4v) is 1.10. The van der Waals surface area contributed by atoms with Crippen LogP contribution in [0.3, 0.4) is 0 Å². The van der Waals surface area contributed by atoms with E-state index in [1.807, 2.05) is 0 Å². The molecule has 5 heavy (non-hydrogen) atoms. The molecule has 31 valence electrons. The molecule has 0 N–H and O–H groups in total. The molecule has 0 aliphatic heterocycles. The number of alkyl halides is 1. The zero-order valence-electron chi connectivity index (χ0n) is 2.91. The lowest BCUT2D eigenvalue weighted by molar-refractivity contribution is 1.15. The highest BCUT2D eigenvalue weighted by atomic mass is 127. The lowest BCUT2D eigenvalue weighted by atomic mass is 10.6. The zero-order chi connectivity index (χ0) is 4.12. The van der Waals surface area contributed by atoms with Crippen molar-refractivity contribution in [1.29, 1.82) is 0 Å². The Morgan fingerprint density at radius 2 is 2.20 bits per heavy atom. The molecule has 2 heteroatoms. The van der Waals surface area contributed by atoms with Crippen molar-refractivity contribution < 1.29 is 0 Å². The van der Waals surface area contributed by atoms with Gasteiger partial charge in [-0.05, 0) is 6.42 Å². The van der Waals surface area contributed by atoms with Crippen LogP contribution in [0.15, 0.2) is 0 Å². The van der Waals surface area contributed by atoms with Crippen LogP contribution < -0.4 is 0 Å². The summed E-state index contributed by atoms with van der Waals surface area (Å²) in [5.41, 5.74) is 0. The fourth-order valence-electron chi connectivity index (χ4n) is 0.0546. The van der Waals surface area contributed by atoms with Crippen LogP contribution in [0.1, 0.15) is 6.42 Å². The van der Waals surface area contributed by atoms with Gasteiger partial charge in [-0.2, -0.15) is 0 Å². The predicted octanol–water partition coefficient (Wildman–Crippen LogP) is 2.01. The summed E-state index contributed by atoms with van der Waals surface area (Å²) in [5.74, 6) is 0.920. The van der Waals surface area contributed by atoms with Crippen molar-refractivity contribution in [3.05, 3.63) is 0 Å². The third-order valence-corrected chi connectivity index (χ3v) is 1.33. The molecule has 0 saturated carbocycles. The number of hydrogen-bond donors (Lipinski definition) is 0. The molecular weight excluding hydrogens is 195 g/mol. The first kappa shape index (κ1) is 6.08. The van der Waals surface area contributed by atoms with Crippen molar-refractivity contribution in [2.75, 3.05) is 10.2 Å². The van der Waals surface area contributed by atoms with Crippen LogP contribution in [0.25, 0.3) is 0 Å². The van der Waals surface area contributed by atoms with Crippen molar-refractivity contribution in [3.8, 4) is 0 Å². The lowest BCUT2D eigenvalue weighted by Gasteiger charge is -1.76. The molecule has 0 saturated heterocycles. The molecule has 0 bridgehead atoms. The standard InChI is InChI=1S/C3H6IS/c4-2-1-3-5/h1-3H2. The SMILES string of the molecule is [S]CCCI. The van der Waals surface area contributed by atoms with Gasteiger partial charge in [0.1, 0.15) is 0 Å². The molecule has 1 radical (unpaired) electrons. The average Bonchev–Trinajstić information content (AvgIpc) is 1.41. The summed E-state index contributed by atoms with van der Waals surface area (Å²) < 4.78 is 1.21. The van der Waals surface area contributed by atoms with Crippen molar-refractivity contribution >= 4 is 35.2 Å². The maximum absolute atomic E-state index is 4.65. The maximum atomic E-state index is 4.65. The predicted molar refractivity (Wildman–Crippen MR) is 36.0 cm³/mol. The Hall–Kier alpha value is 1.08. The summed E-state index contributed by atoms with van der Waals surface area (Å²) in [6.45, 7) is 0. The molecule has 0 aliphatic carbocycles. The molecular formula is C3H6IS. The molecule has 0 rings (SSSR count). The molecule has 0 amide bonds. The van der Waals surface area contributed by atoms with Gasteiger partial charge in [-0.3, -0.25) is 0 Å². The van der Waals surface area contributed by atoms with Crippen LogP contribution in [0.4, 0.5) is 0 Å². The summed E-state index contributed by atoms with van der Waals surface area (Å²) in [6, 6.07) is 0. The van der Waals surface area contributed by atoms with Crippen LogP contribution >= 0.6 is 35.2 Å². The normalized spacial score (nSPS) is 8.40. The van der Waals surface area contributed by atoms with Crippen LogP contribution in [0, 0.1) is 0 Å². The second-order valence-corrected chi connectivity index (χ2v) is 2.23. The van der Waals surface area contributed by atoms with Crippen molar-refractivity contribution in [2.24, 2.45) is 0 Å². The van der Waals surface area contributed by atoms with E-state index in [2.05, 4.69) is 35.2 Å². The molecule has 0 aliphatic rings. The highest BCUT2D eigenvalue weighted by molar-refractivity contribution is 14.1. The first-order chi connectivity index (χ1) is 2.41. The first-order valence-electron chi connectivity index (χ1n) is 1.56. The molecule has 0 nitrogen and oxygen atoms in total. The molecule has 0 aromatic carbocycles. The van der Waals surface area contributed by atoms with Gasteiger partial charge in [0, 0.05) is 10.2 Å². The minimum atomic E-state index is 0.920. The monoisotopic (exact) mass is 201 g/mol. The first-order valence-corrected chi connectivity index (χ1v) is 3.66. The van der Waals surface area contributed by atoms with E-state index >= 15 is 0 Å². The Morgan fingerprint density at radius 1 is 1.60 bits per heavy atom. The number of hydrogen-bond acceptors (Lipinski definition) is 0. The molecule has 0 atom stereocenters. The van der Waals surface area contributed by atoms with Gasteiger partial charge in [-0.25, -0.2) is 0 Å². The number of halogens is 1. The molecule has 0 heterocycles. The Morgan fingerprint density at radius 3 is 2.20 bits per heavy atom. The van der Waals surface area contributed by atoms with Gasteiger partial charge in [0.05, 0.1) is 0 Å². The second kappa shape index (κ2) is 5.08. The van der Waals surface area contributed by atoms with Crippen LogP contribution in [0.2, 0.25) is 0 Å². The van der Waals surface area contributed by atoms with E-state index in [0.717, 1.165) is 5.75 Å². The maximum Gasteiger partial charge on any atom is 0.00442 e. The summed E-state index contributed by atoms with van der Waals surface area (Å²) in [7, 11) is 0. The van der Waals surface area contributed by atoms with E-state index in [-0.39, 0.29) is 0 Å². The topological polar surface area (TPSA) is 0 Å². The molecule has 0 aromatic heterocycles. The van der Waals surface area contributed by atoms with E-state index < -0.39 is 0 Å². The summed E-state index contributed by atoms with van der Waals surface area (Å²) in [5, 5.41) is 0. The Bertz CT molecular complexity index is 14.4. The van der Waals surface area contributed by atoms with Crippen molar-refractivity contribution in [2.45, 2.75) is 6.42 Å². The Labute approximate surface area is 51.9 Å². The second-order valence-electron chi connectivity index (χ2n) is 0.747. The summed E-state index contributed by atoms with van der Waals surface area (Å²) in [4.78, 5) is 0. The summed E-state index contributed by atoms with van der Waals surface area (Å²) >= 11 is 6.97. The van der Waals surface area contributed by atoms with Crippen LogP contribution in [-0.4, -0.2) is 10.2 Å². The highest BCUT2D eigenvalue weighted by Gasteiger charge is 1.71. The van der Waals surface area contributed by atoms with E-state index in [0.29, 0.717) is 0 Å². The van der Waals surface area contributed by atoms with Gasteiger partial charge >= 0.3 is 0 Å². The third kappa shape index (κ3) is 5.08. The largest absolute Gasteiger partial charge is 0.0941 e. The quantitative estimate of drug-likeness (QED) is 0.473. The van der Waals surface area contributed by atoms with E-state index in [1.54, 1.807) is 0 Å². The van der Waals surface area contributed by atoms with Gasteiger partial charge in [0.15, 0.2) is 0 Å². The van der Waals surface area contributed by atoms with Gasteiger partial charge in [0.2, 0.25) is 0 Å². The van der Waals surface area contributed by atoms with E-state index in [9.17, 15) is 0 Å².